The van der Waals surface area contributed by atoms with E-state index in [-0.39, 0.29) is 24.0 Å². The summed E-state index contributed by atoms with van der Waals surface area (Å²) < 4.78 is 0. The molecule has 2 heterocycles. The van der Waals surface area contributed by atoms with Crippen molar-refractivity contribution in [3.63, 3.8) is 0 Å². The molecule has 0 saturated carbocycles. The highest BCUT2D eigenvalue weighted by atomic mass is 127. The van der Waals surface area contributed by atoms with E-state index in [1.54, 1.807) is 11.8 Å². The van der Waals surface area contributed by atoms with Crippen molar-refractivity contribution < 1.29 is 0 Å². The van der Waals surface area contributed by atoms with Gasteiger partial charge in [0.15, 0.2) is 5.96 Å². The van der Waals surface area contributed by atoms with Gasteiger partial charge in [0.05, 0.1) is 12.2 Å². The van der Waals surface area contributed by atoms with Crippen LogP contribution in [0, 0.1) is 0 Å². The normalized spacial score (nSPS) is 16.4. The summed E-state index contributed by atoms with van der Waals surface area (Å²) >= 11 is 7.98. The van der Waals surface area contributed by atoms with Gasteiger partial charge in [-0.2, -0.15) is 11.8 Å². The van der Waals surface area contributed by atoms with Gasteiger partial charge < -0.3 is 10.6 Å². The van der Waals surface area contributed by atoms with E-state index in [0.29, 0.717) is 11.3 Å². The lowest BCUT2D eigenvalue weighted by Gasteiger charge is -2.33. The third-order valence-electron chi connectivity index (χ3n) is 5.30. The highest BCUT2D eigenvalue weighted by molar-refractivity contribution is 14.0. The molecule has 0 aliphatic carbocycles. The first kappa shape index (κ1) is 26.2. The Bertz CT molecular complexity index is 800. The van der Waals surface area contributed by atoms with E-state index in [9.17, 15) is 0 Å². The van der Waals surface area contributed by atoms with E-state index < -0.39 is 0 Å². The van der Waals surface area contributed by atoms with Crippen LogP contribution < -0.4 is 10.6 Å². The Labute approximate surface area is 212 Å². The second-order valence-electron chi connectivity index (χ2n) is 7.51. The van der Waals surface area contributed by atoms with Crippen molar-refractivity contribution >= 4 is 53.3 Å². The van der Waals surface area contributed by atoms with Gasteiger partial charge in [-0.25, -0.2) is 0 Å². The molecule has 1 saturated heterocycles. The Morgan fingerprint density at radius 3 is 2.71 bits per heavy atom. The molecule has 0 radical (unpaired) electrons. The van der Waals surface area contributed by atoms with Gasteiger partial charge in [-0.05, 0) is 55.9 Å². The number of rotatable bonds is 8. The number of hydrogen-bond acceptors (Lipinski definition) is 4. The van der Waals surface area contributed by atoms with Gasteiger partial charge >= 0.3 is 0 Å². The second-order valence-corrected chi connectivity index (χ2v) is 8.99. The van der Waals surface area contributed by atoms with Gasteiger partial charge in [0.25, 0.3) is 0 Å². The van der Waals surface area contributed by atoms with E-state index in [1.165, 1.54) is 5.56 Å². The zero-order valence-corrected chi connectivity index (χ0v) is 22.2. The second kappa shape index (κ2) is 14.2. The summed E-state index contributed by atoms with van der Waals surface area (Å²) in [6.07, 6.45) is 6.21. The van der Waals surface area contributed by atoms with Crippen LogP contribution in [0.25, 0.3) is 0 Å². The number of piperidine rings is 1. The number of nitrogens with zero attached hydrogens (tertiary/aromatic N) is 3. The summed E-state index contributed by atoms with van der Waals surface area (Å²) in [5.74, 6) is 0.904. The number of guanidine groups is 1. The molecule has 2 N–H and O–H groups in total. The van der Waals surface area contributed by atoms with Gasteiger partial charge in [0, 0.05) is 48.7 Å². The minimum absolute atomic E-state index is 0. The lowest BCUT2D eigenvalue weighted by Crippen LogP contribution is -2.48. The number of pyridine rings is 1. The van der Waals surface area contributed by atoms with Crippen LogP contribution in [-0.4, -0.2) is 54.3 Å². The standard InChI is InChI=1S/C23H32ClN5S.HI/c1-3-25-23(27-16-22(30-2)18-7-6-8-19(24)15-18)28-20-10-13-29(14-11-20)17-21-9-4-5-12-26-21;/h4-9,12,15,20,22H,3,10-11,13-14,16-17H2,1-2H3,(H2,25,27,28);1H. The van der Waals surface area contributed by atoms with Gasteiger partial charge in [0.2, 0.25) is 0 Å². The highest BCUT2D eigenvalue weighted by Gasteiger charge is 2.20. The molecular formula is C23H33ClIN5S. The van der Waals surface area contributed by atoms with E-state index in [0.717, 1.165) is 62.2 Å². The summed E-state index contributed by atoms with van der Waals surface area (Å²) in [5, 5.41) is 8.12. The molecule has 31 heavy (non-hydrogen) atoms. The van der Waals surface area contributed by atoms with Gasteiger partial charge in [-0.1, -0.05) is 29.8 Å². The summed E-state index contributed by atoms with van der Waals surface area (Å²) in [4.78, 5) is 11.8. The minimum Gasteiger partial charge on any atom is -0.357 e. The largest absolute Gasteiger partial charge is 0.357 e. The Morgan fingerprint density at radius 2 is 2.06 bits per heavy atom. The van der Waals surface area contributed by atoms with Crippen LogP contribution in [0.1, 0.15) is 36.3 Å². The summed E-state index contributed by atoms with van der Waals surface area (Å²) in [6, 6.07) is 14.7. The molecule has 1 aromatic carbocycles. The number of benzene rings is 1. The summed E-state index contributed by atoms with van der Waals surface area (Å²) in [7, 11) is 0. The zero-order chi connectivity index (χ0) is 21.2. The van der Waals surface area contributed by atoms with E-state index >= 15 is 0 Å². The summed E-state index contributed by atoms with van der Waals surface area (Å²) in [5.41, 5.74) is 2.36. The molecule has 3 rings (SSSR count). The number of aromatic nitrogens is 1. The molecule has 0 bridgehead atoms. The fraction of sp³-hybridized carbons (Fsp3) is 0.478. The Morgan fingerprint density at radius 1 is 1.26 bits per heavy atom. The maximum absolute atomic E-state index is 6.17. The smallest absolute Gasteiger partial charge is 0.191 e. The van der Waals surface area contributed by atoms with E-state index in [4.69, 9.17) is 16.6 Å². The maximum Gasteiger partial charge on any atom is 0.191 e. The SMILES string of the molecule is CCNC(=NCC(SC)c1cccc(Cl)c1)NC1CCN(Cc2ccccn2)CC1.I. The first-order valence-electron chi connectivity index (χ1n) is 10.6. The fourth-order valence-electron chi connectivity index (χ4n) is 3.67. The van der Waals surface area contributed by atoms with Crippen molar-refractivity contribution in [1.82, 2.24) is 20.5 Å². The predicted molar refractivity (Wildman–Crippen MR) is 145 cm³/mol. The lowest BCUT2D eigenvalue weighted by molar-refractivity contribution is 0.196. The van der Waals surface area contributed by atoms with Crippen LogP contribution in [0.4, 0.5) is 0 Å². The molecule has 2 aromatic rings. The molecule has 1 aromatic heterocycles. The topological polar surface area (TPSA) is 52.6 Å². The van der Waals surface area contributed by atoms with E-state index in [1.807, 2.05) is 30.5 Å². The predicted octanol–water partition coefficient (Wildman–Crippen LogP) is 4.98. The van der Waals surface area contributed by atoms with Crippen LogP contribution >= 0.6 is 47.3 Å². The molecule has 170 valence electrons. The lowest BCUT2D eigenvalue weighted by atomic mass is 10.0. The van der Waals surface area contributed by atoms with Crippen molar-refractivity contribution in [2.45, 2.75) is 37.6 Å². The quantitative estimate of drug-likeness (QED) is 0.265. The average molecular weight is 574 g/mol. The van der Waals surface area contributed by atoms with Crippen molar-refractivity contribution in [2.24, 2.45) is 4.99 Å². The maximum atomic E-state index is 6.17. The van der Waals surface area contributed by atoms with Crippen molar-refractivity contribution in [1.29, 1.82) is 0 Å². The number of thioether (sulfide) groups is 1. The molecule has 0 spiro atoms. The molecule has 0 amide bonds. The van der Waals surface area contributed by atoms with Crippen LogP contribution in [0.5, 0.6) is 0 Å². The van der Waals surface area contributed by atoms with Gasteiger partial charge in [-0.15, -0.1) is 24.0 Å². The molecule has 1 atom stereocenters. The van der Waals surface area contributed by atoms with Crippen molar-refractivity contribution in [3.8, 4) is 0 Å². The first-order valence-corrected chi connectivity index (χ1v) is 12.3. The number of aliphatic imine (C=N–C) groups is 1. The van der Waals surface area contributed by atoms with Crippen LogP contribution in [-0.2, 0) is 6.54 Å². The molecule has 1 aliphatic heterocycles. The van der Waals surface area contributed by atoms with Gasteiger partial charge in [-0.3, -0.25) is 14.9 Å². The fourth-order valence-corrected chi connectivity index (χ4v) is 4.51. The molecule has 1 aliphatic rings. The monoisotopic (exact) mass is 573 g/mol. The van der Waals surface area contributed by atoms with Gasteiger partial charge in [0.1, 0.15) is 0 Å². The Hall–Kier alpha value is -1.03. The number of halogens is 2. The highest BCUT2D eigenvalue weighted by Crippen LogP contribution is 2.28. The van der Waals surface area contributed by atoms with Crippen LogP contribution in [0.2, 0.25) is 5.02 Å². The Kier molecular flexibility index (Phi) is 12.0. The summed E-state index contributed by atoms with van der Waals surface area (Å²) in [6.45, 7) is 6.75. The number of hydrogen-bond donors (Lipinski definition) is 2. The molecule has 5 nitrogen and oxygen atoms in total. The van der Waals surface area contributed by atoms with Crippen molar-refractivity contribution in [2.75, 3.05) is 32.4 Å². The number of nitrogens with one attached hydrogen (secondary N) is 2. The zero-order valence-electron chi connectivity index (χ0n) is 18.3. The number of likely N-dealkylation sites (tertiary alicyclic amines) is 1. The van der Waals surface area contributed by atoms with E-state index in [2.05, 4.69) is 51.9 Å². The average Bonchev–Trinajstić information content (AvgIpc) is 2.76. The Balaban J connectivity index is 0.00000341. The molecule has 1 fully saturated rings. The third-order valence-corrected chi connectivity index (χ3v) is 6.53. The minimum atomic E-state index is 0. The van der Waals surface area contributed by atoms with Crippen molar-refractivity contribution in [3.05, 3.63) is 64.9 Å². The third kappa shape index (κ3) is 8.79. The molecule has 8 heteroatoms. The van der Waals surface area contributed by atoms with Crippen LogP contribution in [0.15, 0.2) is 53.7 Å². The first-order chi connectivity index (χ1) is 14.7. The molecular weight excluding hydrogens is 541 g/mol. The molecule has 1 unspecified atom stereocenters. The van der Waals surface area contributed by atoms with Crippen LogP contribution in [0.3, 0.4) is 0 Å².